The first-order valence-electron chi connectivity index (χ1n) is 10.8. The Hall–Kier alpha value is -3.16. The largest absolute Gasteiger partial charge is 0.276 e. The molecule has 152 valence electrons. The third-order valence-corrected chi connectivity index (χ3v) is 6.49. The molecule has 0 saturated carbocycles. The molecule has 0 unspecified atom stereocenters. The third-order valence-electron chi connectivity index (χ3n) is 6.29. The lowest BCUT2D eigenvalue weighted by atomic mass is 9.80. The van der Waals surface area contributed by atoms with E-state index in [1.807, 2.05) is 36.4 Å². The van der Waals surface area contributed by atoms with Gasteiger partial charge in [0.1, 0.15) is 0 Å². The highest BCUT2D eigenvalue weighted by atomic mass is 35.5. The fourth-order valence-electron chi connectivity index (χ4n) is 4.78. The molecule has 0 atom stereocenters. The number of fused-ring (bicyclic) bond motifs is 5. The Morgan fingerprint density at radius 1 is 0.710 bits per heavy atom. The fourth-order valence-corrected chi connectivity index (χ4v) is 4.95. The van der Waals surface area contributed by atoms with E-state index in [0.717, 1.165) is 10.8 Å². The van der Waals surface area contributed by atoms with Gasteiger partial charge in [0.15, 0.2) is 0 Å². The second kappa shape index (κ2) is 8.53. The first-order chi connectivity index (χ1) is 15.2. The second-order valence-electron chi connectivity index (χ2n) is 8.07. The fraction of sp³-hybridized carbons (Fsp3) is 0.138. The van der Waals surface area contributed by atoms with Crippen LogP contribution in [0.15, 0.2) is 96.6 Å². The van der Waals surface area contributed by atoms with Gasteiger partial charge >= 0.3 is 0 Å². The van der Waals surface area contributed by atoms with E-state index in [9.17, 15) is 4.79 Å². The summed E-state index contributed by atoms with van der Waals surface area (Å²) in [5.41, 5.74) is 6.78. The van der Waals surface area contributed by atoms with Crippen LogP contribution in [-0.4, -0.2) is 5.24 Å². The molecule has 0 spiro atoms. The number of aryl methyl sites for hydroxylation is 1. The van der Waals surface area contributed by atoms with Crippen molar-refractivity contribution in [2.24, 2.45) is 0 Å². The van der Waals surface area contributed by atoms with E-state index in [2.05, 4.69) is 48.6 Å². The summed E-state index contributed by atoms with van der Waals surface area (Å²) in [5.74, 6) is 0. The lowest BCUT2D eigenvalue weighted by Crippen LogP contribution is -2.06. The van der Waals surface area contributed by atoms with E-state index in [1.165, 1.54) is 47.6 Å². The normalized spacial score (nSPS) is 14.6. The number of rotatable bonds is 1. The quantitative estimate of drug-likeness (QED) is 0.283. The highest BCUT2D eigenvalue weighted by Gasteiger charge is 2.20. The molecule has 0 bridgehead atoms. The molecular formula is C29H23ClO. The van der Waals surface area contributed by atoms with Crippen molar-refractivity contribution in [2.75, 3.05) is 0 Å². The molecule has 4 aromatic carbocycles. The van der Waals surface area contributed by atoms with Gasteiger partial charge in [-0.3, -0.25) is 4.79 Å². The smallest absolute Gasteiger partial charge is 0.253 e. The Balaban J connectivity index is 0.000000140. The van der Waals surface area contributed by atoms with Crippen LogP contribution in [0.5, 0.6) is 0 Å². The number of hydrogen-bond acceptors (Lipinski definition) is 1. The minimum absolute atomic E-state index is 0.406. The van der Waals surface area contributed by atoms with E-state index in [-0.39, 0.29) is 0 Å². The lowest BCUT2D eigenvalue weighted by molar-refractivity contribution is 0.108. The van der Waals surface area contributed by atoms with Crippen molar-refractivity contribution in [1.29, 1.82) is 0 Å². The van der Waals surface area contributed by atoms with Crippen LogP contribution in [0.4, 0.5) is 0 Å². The van der Waals surface area contributed by atoms with Gasteiger partial charge < -0.3 is 0 Å². The Labute approximate surface area is 187 Å². The van der Waals surface area contributed by atoms with Crippen molar-refractivity contribution >= 4 is 44.0 Å². The molecule has 0 radical (unpaired) electrons. The second-order valence-corrected chi connectivity index (χ2v) is 8.41. The molecule has 0 fully saturated rings. The summed E-state index contributed by atoms with van der Waals surface area (Å²) in [6.45, 7) is 0. The molecule has 0 heterocycles. The Kier molecular flexibility index (Phi) is 5.44. The predicted molar refractivity (Wildman–Crippen MR) is 132 cm³/mol. The third kappa shape index (κ3) is 3.82. The summed E-state index contributed by atoms with van der Waals surface area (Å²) in [6, 6.07) is 26.6. The lowest BCUT2D eigenvalue weighted by Gasteiger charge is -2.25. The van der Waals surface area contributed by atoms with Crippen molar-refractivity contribution in [2.45, 2.75) is 25.7 Å². The van der Waals surface area contributed by atoms with Crippen LogP contribution in [0.25, 0.3) is 27.1 Å². The molecule has 4 aromatic rings. The van der Waals surface area contributed by atoms with Gasteiger partial charge in [0, 0.05) is 5.56 Å². The Morgan fingerprint density at radius 3 is 2.23 bits per heavy atom. The molecule has 0 aliphatic heterocycles. The van der Waals surface area contributed by atoms with Crippen molar-refractivity contribution < 1.29 is 4.79 Å². The first-order valence-corrected chi connectivity index (χ1v) is 11.2. The molecule has 0 aromatic heterocycles. The van der Waals surface area contributed by atoms with Crippen molar-refractivity contribution in [1.82, 2.24) is 0 Å². The van der Waals surface area contributed by atoms with Crippen LogP contribution < -0.4 is 0 Å². The summed E-state index contributed by atoms with van der Waals surface area (Å²) in [4.78, 5) is 11.0. The SMILES string of the molecule is C1=CC2=C(CC1)CCc1c2ccc2ccccc12.O=C(Cl)c1cccc2ccccc12. The van der Waals surface area contributed by atoms with Gasteiger partial charge in [-0.1, -0.05) is 90.5 Å². The maximum Gasteiger partial charge on any atom is 0.253 e. The van der Waals surface area contributed by atoms with Crippen molar-refractivity contribution in [3.8, 4) is 0 Å². The monoisotopic (exact) mass is 422 g/mol. The Morgan fingerprint density at radius 2 is 1.42 bits per heavy atom. The highest BCUT2D eigenvalue weighted by molar-refractivity contribution is 6.68. The van der Waals surface area contributed by atoms with Gasteiger partial charge in [0.2, 0.25) is 0 Å². The molecule has 0 saturated heterocycles. The molecule has 1 nitrogen and oxygen atoms in total. The summed E-state index contributed by atoms with van der Waals surface area (Å²) >= 11 is 5.44. The maximum atomic E-state index is 11.0. The molecule has 2 heteroatoms. The molecule has 0 amide bonds. The molecule has 31 heavy (non-hydrogen) atoms. The van der Waals surface area contributed by atoms with E-state index in [0.29, 0.717) is 5.56 Å². The number of allylic oxidation sites excluding steroid dienone is 4. The van der Waals surface area contributed by atoms with Gasteiger partial charge in [-0.2, -0.15) is 0 Å². The summed E-state index contributed by atoms with van der Waals surface area (Å²) in [5, 5.41) is 4.36. The number of benzene rings is 4. The average Bonchev–Trinajstić information content (AvgIpc) is 2.83. The van der Waals surface area contributed by atoms with Crippen LogP contribution in [0.2, 0.25) is 0 Å². The topological polar surface area (TPSA) is 17.1 Å². The van der Waals surface area contributed by atoms with E-state index in [1.54, 1.807) is 17.2 Å². The van der Waals surface area contributed by atoms with Crippen molar-refractivity contribution in [3.63, 3.8) is 0 Å². The zero-order chi connectivity index (χ0) is 21.2. The van der Waals surface area contributed by atoms with Gasteiger partial charge in [0.05, 0.1) is 0 Å². The van der Waals surface area contributed by atoms with Crippen LogP contribution in [0, 0.1) is 0 Å². The molecule has 2 aliphatic rings. The standard InChI is InChI=1S/C18H16.C11H7ClO/c1-3-7-15-13(5-1)9-11-18-16-8-4-2-6-14(16)10-12-17(15)18;12-11(13)10-7-3-5-8-4-1-2-6-9(8)10/h1,3-5,7-9,11H,2,6,10,12H2;1-7H. The van der Waals surface area contributed by atoms with E-state index in [4.69, 9.17) is 11.6 Å². The first kappa shape index (κ1) is 19.8. The molecule has 6 rings (SSSR count). The maximum absolute atomic E-state index is 11.0. The van der Waals surface area contributed by atoms with Crippen LogP contribution in [-0.2, 0) is 6.42 Å². The number of hydrogen-bond donors (Lipinski definition) is 0. The molecule has 0 N–H and O–H groups in total. The van der Waals surface area contributed by atoms with Crippen LogP contribution >= 0.6 is 11.6 Å². The van der Waals surface area contributed by atoms with Gasteiger partial charge in [-0.15, -0.1) is 0 Å². The highest BCUT2D eigenvalue weighted by Crippen LogP contribution is 2.39. The van der Waals surface area contributed by atoms with Gasteiger partial charge in [0.25, 0.3) is 5.24 Å². The van der Waals surface area contributed by atoms with Gasteiger partial charge in [-0.25, -0.2) is 0 Å². The van der Waals surface area contributed by atoms with Gasteiger partial charge in [-0.05, 0) is 81.6 Å². The van der Waals surface area contributed by atoms with E-state index < -0.39 is 5.24 Å². The van der Waals surface area contributed by atoms with Crippen LogP contribution in [0.1, 0.15) is 40.7 Å². The number of carbonyl (C=O) groups is 1. The zero-order valence-electron chi connectivity index (χ0n) is 17.3. The molecular weight excluding hydrogens is 400 g/mol. The summed E-state index contributed by atoms with van der Waals surface area (Å²) < 4.78 is 0. The Bertz CT molecular complexity index is 1350. The van der Waals surface area contributed by atoms with Crippen molar-refractivity contribution in [3.05, 3.63) is 113 Å². The predicted octanol–water partition coefficient (Wildman–Crippen LogP) is 8.11. The van der Waals surface area contributed by atoms with Crippen LogP contribution in [0.3, 0.4) is 0 Å². The zero-order valence-corrected chi connectivity index (χ0v) is 18.0. The number of halogens is 1. The minimum Gasteiger partial charge on any atom is -0.276 e. The number of carbonyl (C=O) groups excluding carboxylic acids is 1. The minimum atomic E-state index is -0.406. The van der Waals surface area contributed by atoms with E-state index >= 15 is 0 Å². The molecule has 2 aliphatic carbocycles. The summed E-state index contributed by atoms with van der Waals surface area (Å²) in [7, 11) is 0. The average molecular weight is 423 g/mol. The summed E-state index contributed by atoms with van der Waals surface area (Å²) in [6.07, 6.45) is 9.61.